The van der Waals surface area contributed by atoms with Crippen molar-refractivity contribution >= 4 is 16.2 Å². The minimum atomic E-state index is -4.15. The van der Waals surface area contributed by atoms with Crippen LogP contribution >= 0.6 is 0 Å². The third-order valence-electron chi connectivity index (χ3n) is 4.06. The van der Waals surface area contributed by atoms with E-state index in [0.717, 1.165) is 12.8 Å². The summed E-state index contributed by atoms with van der Waals surface area (Å²) in [5.41, 5.74) is -1.12. The van der Waals surface area contributed by atoms with Crippen LogP contribution in [0.5, 0.6) is 0 Å². The van der Waals surface area contributed by atoms with Crippen molar-refractivity contribution in [2.75, 3.05) is 7.05 Å². The summed E-state index contributed by atoms with van der Waals surface area (Å²) >= 11 is 0. The molecule has 1 atom stereocenters. The SMILES string of the molecule is CCCC(N(C)C(=O)OC(C)(C)C)C1(C)C=CC(S(=O)(=O)O)C=C1. The van der Waals surface area contributed by atoms with Crippen LogP contribution in [0, 0.1) is 5.41 Å². The molecule has 0 heterocycles. The lowest BCUT2D eigenvalue weighted by Crippen LogP contribution is -2.48. The van der Waals surface area contributed by atoms with Gasteiger partial charge in [0.25, 0.3) is 10.1 Å². The van der Waals surface area contributed by atoms with Gasteiger partial charge in [0.1, 0.15) is 10.9 Å². The Balaban J connectivity index is 3.04. The molecule has 7 heteroatoms. The van der Waals surface area contributed by atoms with Gasteiger partial charge in [-0.15, -0.1) is 0 Å². The van der Waals surface area contributed by atoms with Crippen LogP contribution in [-0.4, -0.2) is 47.9 Å². The molecule has 1 rings (SSSR count). The van der Waals surface area contributed by atoms with Crippen LogP contribution in [0.2, 0.25) is 0 Å². The highest BCUT2D eigenvalue weighted by Crippen LogP contribution is 2.35. The van der Waals surface area contributed by atoms with Crippen molar-refractivity contribution in [1.82, 2.24) is 4.90 Å². The summed E-state index contributed by atoms with van der Waals surface area (Å²) in [4.78, 5) is 14.0. The highest BCUT2D eigenvalue weighted by Gasteiger charge is 2.38. The summed E-state index contributed by atoms with van der Waals surface area (Å²) in [5.74, 6) is 0. The first kappa shape index (κ1) is 20.7. The average Bonchev–Trinajstić information content (AvgIpc) is 2.41. The van der Waals surface area contributed by atoms with Crippen LogP contribution in [-0.2, 0) is 14.9 Å². The first-order valence-corrected chi connectivity index (χ1v) is 9.61. The maximum absolute atomic E-state index is 12.4. The Morgan fingerprint density at radius 3 is 2.21 bits per heavy atom. The fraction of sp³-hybridized carbons (Fsp3) is 0.706. The normalized spacial score (nSPS) is 25.4. The van der Waals surface area contributed by atoms with Crippen LogP contribution < -0.4 is 0 Å². The molecule has 0 aromatic rings. The Morgan fingerprint density at radius 1 is 1.33 bits per heavy atom. The largest absolute Gasteiger partial charge is 0.444 e. The molecule has 0 spiro atoms. The van der Waals surface area contributed by atoms with E-state index < -0.39 is 32.5 Å². The molecule has 1 unspecified atom stereocenters. The minimum absolute atomic E-state index is 0.188. The number of hydrogen-bond donors (Lipinski definition) is 1. The topological polar surface area (TPSA) is 83.9 Å². The van der Waals surface area contributed by atoms with Gasteiger partial charge in [-0.2, -0.15) is 8.42 Å². The van der Waals surface area contributed by atoms with Crippen LogP contribution in [0.4, 0.5) is 4.79 Å². The summed E-state index contributed by atoms with van der Waals surface area (Å²) in [6, 6.07) is -0.188. The molecular formula is C17H29NO5S. The molecule has 0 aromatic carbocycles. The Bertz CT molecular complexity index is 601. The van der Waals surface area contributed by atoms with Crippen molar-refractivity contribution < 1.29 is 22.5 Å². The standard InChI is InChI=1S/C17H29NO5S/c1-7-8-14(18(6)15(19)23-16(2,3)4)17(5)11-9-13(10-12-17)24(20,21)22/h9-14H,7-8H2,1-6H3,(H,20,21,22). The van der Waals surface area contributed by atoms with Gasteiger partial charge in [0.05, 0.1) is 0 Å². The molecule has 6 nitrogen and oxygen atoms in total. The van der Waals surface area contributed by atoms with Gasteiger partial charge in [0, 0.05) is 18.5 Å². The average molecular weight is 359 g/mol. The summed E-state index contributed by atoms with van der Waals surface area (Å²) in [6.45, 7) is 9.39. The number of hydrogen-bond acceptors (Lipinski definition) is 4. The number of ether oxygens (including phenoxy) is 1. The Labute approximate surface area is 145 Å². The lowest BCUT2D eigenvalue weighted by atomic mass is 9.76. The number of amides is 1. The Hall–Kier alpha value is -1.34. The summed E-state index contributed by atoms with van der Waals surface area (Å²) in [5, 5.41) is -1.04. The molecule has 138 valence electrons. The molecule has 0 saturated heterocycles. The van der Waals surface area contributed by atoms with Crippen LogP contribution in [0.1, 0.15) is 47.5 Å². The van der Waals surface area contributed by atoms with E-state index in [9.17, 15) is 13.2 Å². The molecule has 0 aromatic heterocycles. The smallest absolute Gasteiger partial charge is 0.410 e. The van der Waals surface area contributed by atoms with Crippen molar-refractivity contribution in [3.05, 3.63) is 24.3 Å². The van der Waals surface area contributed by atoms with Crippen molar-refractivity contribution in [2.45, 2.75) is 64.4 Å². The molecule has 24 heavy (non-hydrogen) atoms. The fourth-order valence-electron chi connectivity index (χ4n) is 2.80. The lowest BCUT2D eigenvalue weighted by Gasteiger charge is -2.41. The van der Waals surface area contributed by atoms with Crippen molar-refractivity contribution in [3.63, 3.8) is 0 Å². The highest BCUT2D eigenvalue weighted by atomic mass is 32.2. The van der Waals surface area contributed by atoms with Crippen molar-refractivity contribution in [2.24, 2.45) is 5.41 Å². The van der Waals surface area contributed by atoms with Crippen LogP contribution in [0.25, 0.3) is 0 Å². The summed E-state index contributed by atoms with van der Waals surface area (Å²) < 4.78 is 37.1. The Morgan fingerprint density at radius 2 is 1.83 bits per heavy atom. The molecule has 1 aliphatic rings. The van der Waals surface area contributed by atoms with Gasteiger partial charge >= 0.3 is 6.09 Å². The van der Waals surface area contributed by atoms with Gasteiger partial charge in [-0.05, 0) is 27.2 Å². The van der Waals surface area contributed by atoms with Crippen LogP contribution in [0.15, 0.2) is 24.3 Å². The van der Waals surface area contributed by atoms with E-state index in [4.69, 9.17) is 9.29 Å². The van der Waals surface area contributed by atoms with E-state index in [1.54, 1.807) is 24.1 Å². The first-order chi connectivity index (χ1) is 10.8. The zero-order valence-electron chi connectivity index (χ0n) is 15.3. The van der Waals surface area contributed by atoms with Gasteiger partial charge in [0.2, 0.25) is 0 Å². The van der Waals surface area contributed by atoms with Gasteiger partial charge in [-0.1, -0.05) is 44.6 Å². The minimum Gasteiger partial charge on any atom is -0.444 e. The maximum atomic E-state index is 12.4. The molecule has 0 fully saturated rings. The zero-order chi connectivity index (χ0) is 18.8. The first-order valence-electron chi connectivity index (χ1n) is 8.11. The number of nitrogens with zero attached hydrogens (tertiary/aromatic N) is 1. The summed E-state index contributed by atoms with van der Waals surface area (Å²) in [7, 11) is -2.46. The van der Waals surface area contributed by atoms with Gasteiger partial charge < -0.3 is 9.64 Å². The molecule has 1 N–H and O–H groups in total. The maximum Gasteiger partial charge on any atom is 0.410 e. The van der Waals surface area contributed by atoms with E-state index in [1.807, 2.05) is 34.6 Å². The van der Waals surface area contributed by atoms with E-state index in [0.29, 0.717) is 0 Å². The second-order valence-corrected chi connectivity index (χ2v) is 9.03. The molecule has 0 saturated carbocycles. The molecule has 0 radical (unpaired) electrons. The van der Waals surface area contributed by atoms with E-state index in [1.165, 1.54) is 12.2 Å². The molecule has 1 aliphatic carbocycles. The van der Waals surface area contributed by atoms with Crippen LogP contribution in [0.3, 0.4) is 0 Å². The number of carbonyl (C=O) groups is 1. The number of carbonyl (C=O) groups excluding carboxylic acids is 1. The highest BCUT2D eigenvalue weighted by molar-refractivity contribution is 7.86. The molecule has 0 aliphatic heterocycles. The zero-order valence-corrected chi connectivity index (χ0v) is 16.1. The van der Waals surface area contributed by atoms with Gasteiger partial charge in [-0.25, -0.2) is 4.79 Å². The number of rotatable bonds is 5. The van der Waals surface area contributed by atoms with E-state index >= 15 is 0 Å². The third kappa shape index (κ3) is 5.34. The summed E-state index contributed by atoms with van der Waals surface area (Å²) in [6.07, 6.45) is 7.58. The second kappa shape index (κ2) is 7.27. The third-order valence-corrected chi connectivity index (χ3v) is 5.07. The van der Waals surface area contributed by atoms with Crippen molar-refractivity contribution in [1.29, 1.82) is 0 Å². The van der Waals surface area contributed by atoms with Gasteiger partial charge in [0.15, 0.2) is 0 Å². The van der Waals surface area contributed by atoms with E-state index in [-0.39, 0.29) is 6.04 Å². The van der Waals surface area contributed by atoms with E-state index in [2.05, 4.69) is 0 Å². The second-order valence-electron chi connectivity index (χ2n) is 7.46. The predicted octanol–water partition coefficient (Wildman–Crippen LogP) is 3.41. The van der Waals surface area contributed by atoms with Gasteiger partial charge in [-0.3, -0.25) is 4.55 Å². The molecular weight excluding hydrogens is 330 g/mol. The fourth-order valence-corrected chi connectivity index (χ4v) is 3.36. The predicted molar refractivity (Wildman–Crippen MR) is 94.4 cm³/mol. The Kier molecular flexibility index (Phi) is 6.27. The molecule has 1 amide bonds. The molecule has 0 bridgehead atoms. The van der Waals surface area contributed by atoms with Crippen molar-refractivity contribution in [3.8, 4) is 0 Å². The lowest BCUT2D eigenvalue weighted by molar-refractivity contribution is 0.0137. The monoisotopic (exact) mass is 359 g/mol. The quantitative estimate of drug-likeness (QED) is 0.601.